The third-order valence-electron chi connectivity index (χ3n) is 7.10. The Bertz CT molecular complexity index is 793. The van der Waals surface area contributed by atoms with Gasteiger partial charge in [0, 0.05) is 18.2 Å². The van der Waals surface area contributed by atoms with Crippen molar-refractivity contribution in [2.75, 3.05) is 0 Å². The topological polar surface area (TPSA) is 38.0 Å². The first-order valence-electron chi connectivity index (χ1n) is 8.91. The molecule has 3 nitrogen and oxygen atoms in total. The van der Waals surface area contributed by atoms with Crippen molar-refractivity contribution in [3.63, 3.8) is 0 Å². The molecule has 1 aromatic heterocycles. The Balaban J connectivity index is 1.57. The lowest BCUT2D eigenvalue weighted by molar-refractivity contribution is 0.101. The van der Waals surface area contributed by atoms with E-state index in [0.29, 0.717) is 17.1 Å². The van der Waals surface area contributed by atoms with Crippen molar-refractivity contribution in [1.29, 1.82) is 0 Å². The van der Waals surface area contributed by atoms with E-state index in [1.165, 1.54) is 48.1 Å². The summed E-state index contributed by atoms with van der Waals surface area (Å²) in [6.45, 7) is 2.48. The molecule has 3 aliphatic rings. The standard InChI is InChI=1S/C20H24N2O/c1-20-8-7-16-15-6-4-14(23)9-12(15)3-5-17(16)18(20)10-13-11-21-22(2)19(13)20/h4,6,9,11,16-18,23H,3,5,7-8,10H2,1-2H3/t16?,17?,18?,20-/m0/s1. The summed E-state index contributed by atoms with van der Waals surface area (Å²) in [5, 5.41) is 14.3. The van der Waals surface area contributed by atoms with Gasteiger partial charge in [0.05, 0.1) is 6.20 Å². The van der Waals surface area contributed by atoms with Crippen LogP contribution in [-0.4, -0.2) is 14.9 Å². The molecule has 0 radical (unpaired) electrons. The first-order chi connectivity index (χ1) is 11.1. The Kier molecular flexibility index (Phi) is 2.61. The highest BCUT2D eigenvalue weighted by Gasteiger charge is 2.54. The van der Waals surface area contributed by atoms with Gasteiger partial charge in [-0.25, -0.2) is 0 Å². The van der Waals surface area contributed by atoms with Gasteiger partial charge in [-0.2, -0.15) is 5.10 Å². The fourth-order valence-corrected chi connectivity index (χ4v) is 6.17. The van der Waals surface area contributed by atoms with Crippen LogP contribution in [0.2, 0.25) is 0 Å². The van der Waals surface area contributed by atoms with E-state index in [4.69, 9.17) is 0 Å². The quantitative estimate of drug-likeness (QED) is 0.806. The van der Waals surface area contributed by atoms with Crippen LogP contribution in [0.25, 0.3) is 0 Å². The third-order valence-corrected chi connectivity index (χ3v) is 7.10. The Hall–Kier alpha value is -1.77. The SMILES string of the molecule is Cn1ncc2c1[C@@]1(C)CCC3c4ccc(O)cc4CCC3C1C2. The molecular weight excluding hydrogens is 284 g/mol. The van der Waals surface area contributed by atoms with Crippen LogP contribution in [0.5, 0.6) is 5.75 Å². The number of benzene rings is 1. The zero-order valence-corrected chi connectivity index (χ0v) is 13.9. The number of hydrogen-bond acceptors (Lipinski definition) is 2. The second-order valence-electron chi connectivity index (χ2n) is 8.10. The molecule has 0 saturated heterocycles. The largest absolute Gasteiger partial charge is 0.508 e. The summed E-state index contributed by atoms with van der Waals surface area (Å²) in [5.41, 5.74) is 6.17. The van der Waals surface area contributed by atoms with Gasteiger partial charge in [0.1, 0.15) is 5.75 Å². The number of aromatic hydroxyl groups is 1. The molecule has 0 bridgehead atoms. The van der Waals surface area contributed by atoms with Gasteiger partial charge >= 0.3 is 0 Å². The molecule has 0 aliphatic heterocycles. The van der Waals surface area contributed by atoms with E-state index >= 15 is 0 Å². The summed E-state index contributed by atoms with van der Waals surface area (Å²) in [7, 11) is 2.11. The number of hydrogen-bond donors (Lipinski definition) is 1. The molecule has 3 unspecified atom stereocenters. The van der Waals surface area contributed by atoms with Gasteiger partial charge in [0.2, 0.25) is 0 Å². The molecule has 3 heteroatoms. The predicted molar refractivity (Wildman–Crippen MR) is 89.6 cm³/mol. The Labute approximate surface area is 137 Å². The molecule has 0 amide bonds. The number of aryl methyl sites for hydroxylation is 2. The van der Waals surface area contributed by atoms with Crippen LogP contribution in [0.4, 0.5) is 0 Å². The summed E-state index contributed by atoms with van der Waals surface area (Å²) in [4.78, 5) is 0. The van der Waals surface area contributed by atoms with Gasteiger partial charge in [-0.05, 0) is 78.7 Å². The monoisotopic (exact) mass is 308 g/mol. The van der Waals surface area contributed by atoms with Crippen LogP contribution >= 0.6 is 0 Å². The van der Waals surface area contributed by atoms with E-state index in [9.17, 15) is 5.11 Å². The van der Waals surface area contributed by atoms with Gasteiger partial charge in [0.25, 0.3) is 0 Å². The van der Waals surface area contributed by atoms with Crippen LogP contribution < -0.4 is 0 Å². The van der Waals surface area contributed by atoms with E-state index in [1.807, 2.05) is 12.1 Å². The third kappa shape index (κ3) is 1.68. The second-order valence-corrected chi connectivity index (χ2v) is 8.10. The van der Waals surface area contributed by atoms with E-state index in [1.54, 1.807) is 0 Å². The highest BCUT2D eigenvalue weighted by molar-refractivity contribution is 5.43. The average molecular weight is 308 g/mol. The lowest BCUT2D eigenvalue weighted by Crippen LogP contribution is -2.44. The molecule has 3 aliphatic carbocycles. The van der Waals surface area contributed by atoms with E-state index in [0.717, 1.165) is 18.3 Å². The van der Waals surface area contributed by atoms with Crippen LogP contribution in [-0.2, 0) is 25.3 Å². The van der Waals surface area contributed by atoms with Crippen LogP contribution in [0.3, 0.4) is 0 Å². The zero-order chi connectivity index (χ0) is 15.8. The number of rotatable bonds is 0. The number of phenols is 1. The van der Waals surface area contributed by atoms with Gasteiger partial charge < -0.3 is 5.11 Å². The van der Waals surface area contributed by atoms with Crippen molar-refractivity contribution < 1.29 is 5.11 Å². The normalized spacial score (nSPS) is 34.4. The molecule has 0 spiro atoms. The molecule has 1 N–H and O–H groups in total. The van der Waals surface area contributed by atoms with Gasteiger partial charge in [-0.15, -0.1) is 0 Å². The number of phenolic OH excluding ortho intramolecular Hbond substituents is 1. The Morgan fingerprint density at radius 3 is 3.00 bits per heavy atom. The minimum absolute atomic E-state index is 0.302. The van der Waals surface area contributed by atoms with E-state index < -0.39 is 0 Å². The molecule has 23 heavy (non-hydrogen) atoms. The van der Waals surface area contributed by atoms with Crippen molar-refractivity contribution in [2.45, 2.75) is 50.4 Å². The lowest BCUT2D eigenvalue weighted by Gasteiger charge is -2.49. The van der Waals surface area contributed by atoms with Crippen molar-refractivity contribution in [2.24, 2.45) is 18.9 Å². The molecule has 1 fully saturated rings. The first-order valence-corrected chi connectivity index (χ1v) is 8.91. The van der Waals surface area contributed by atoms with Crippen molar-refractivity contribution >= 4 is 0 Å². The van der Waals surface area contributed by atoms with E-state index in [2.05, 4.69) is 36.0 Å². The highest BCUT2D eigenvalue weighted by Crippen LogP contribution is 2.59. The summed E-state index contributed by atoms with van der Waals surface area (Å²) < 4.78 is 2.13. The molecule has 2 aromatic rings. The highest BCUT2D eigenvalue weighted by atomic mass is 16.3. The lowest BCUT2D eigenvalue weighted by atomic mass is 9.55. The van der Waals surface area contributed by atoms with Crippen LogP contribution in [0.1, 0.15) is 54.5 Å². The predicted octanol–water partition coefficient (Wildman–Crippen LogP) is 3.70. The number of nitrogens with zero attached hydrogens (tertiary/aromatic N) is 2. The number of fused-ring (bicyclic) bond motifs is 7. The maximum Gasteiger partial charge on any atom is 0.115 e. The first kappa shape index (κ1) is 13.6. The summed E-state index contributed by atoms with van der Waals surface area (Å²) in [5.74, 6) is 2.63. The smallest absolute Gasteiger partial charge is 0.115 e. The van der Waals surface area contributed by atoms with Gasteiger partial charge in [0.15, 0.2) is 0 Å². The van der Waals surface area contributed by atoms with E-state index in [-0.39, 0.29) is 0 Å². The fourth-order valence-electron chi connectivity index (χ4n) is 6.17. The fraction of sp³-hybridized carbons (Fsp3) is 0.550. The van der Waals surface area contributed by atoms with Crippen molar-refractivity contribution in [1.82, 2.24) is 9.78 Å². The average Bonchev–Trinajstić information content (AvgIpc) is 3.05. The van der Waals surface area contributed by atoms with Crippen molar-refractivity contribution in [3.8, 4) is 5.75 Å². The maximum atomic E-state index is 9.79. The van der Waals surface area contributed by atoms with Gasteiger partial charge in [-0.1, -0.05) is 13.0 Å². The molecule has 1 saturated carbocycles. The number of aromatic nitrogens is 2. The zero-order valence-electron chi connectivity index (χ0n) is 13.9. The molecule has 5 rings (SSSR count). The maximum absolute atomic E-state index is 9.79. The summed E-state index contributed by atoms with van der Waals surface area (Å²) >= 11 is 0. The van der Waals surface area contributed by atoms with Crippen LogP contribution in [0, 0.1) is 11.8 Å². The summed E-state index contributed by atoms with van der Waals surface area (Å²) in [6.07, 6.45) is 8.21. The second kappa shape index (κ2) is 4.40. The summed E-state index contributed by atoms with van der Waals surface area (Å²) in [6, 6.07) is 6.06. The minimum atomic E-state index is 0.302. The molecule has 1 aromatic carbocycles. The Morgan fingerprint density at radius 1 is 1.26 bits per heavy atom. The van der Waals surface area contributed by atoms with Gasteiger partial charge in [-0.3, -0.25) is 4.68 Å². The van der Waals surface area contributed by atoms with Crippen molar-refractivity contribution in [3.05, 3.63) is 46.8 Å². The molecule has 1 heterocycles. The molecule has 120 valence electrons. The minimum Gasteiger partial charge on any atom is -0.508 e. The van der Waals surface area contributed by atoms with Crippen LogP contribution in [0.15, 0.2) is 24.4 Å². The molecular formula is C20H24N2O. The molecule has 4 atom stereocenters. The Morgan fingerprint density at radius 2 is 2.13 bits per heavy atom.